The lowest BCUT2D eigenvalue weighted by molar-refractivity contribution is 0.0513. The zero-order chi connectivity index (χ0) is 23.5. The number of Topliss-reactive ketones (excluding diaryl/α,β-unsaturated/α-hetero) is 1. The molecule has 31 heavy (non-hydrogen) atoms. The lowest BCUT2D eigenvalue weighted by atomic mass is 9.98. The molecule has 2 aromatic rings. The van der Waals surface area contributed by atoms with E-state index in [-0.39, 0.29) is 23.9 Å². The van der Waals surface area contributed by atoms with E-state index in [0.717, 1.165) is 0 Å². The smallest absolute Gasteiger partial charge is 0.355 e. The Morgan fingerprint density at radius 2 is 1.81 bits per heavy atom. The summed E-state index contributed by atoms with van der Waals surface area (Å²) in [4.78, 5) is 40.6. The van der Waals surface area contributed by atoms with Crippen LogP contribution in [-0.2, 0) is 11.8 Å². The Labute approximate surface area is 183 Å². The third-order valence-corrected chi connectivity index (χ3v) is 5.39. The summed E-state index contributed by atoms with van der Waals surface area (Å²) in [5.41, 5.74) is 2.06. The molecule has 0 fully saturated rings. The van der Waals surface area contributed by atoms with Crippen molar-refractivity contribution < 1.29 is 23.5 Å². The monoisotopic (exact) mass is 430 g/mol. The number of halogens is 1. The number of ketones is 1. The number of carbonyl (C=O) groups excluding carboxylic acids is 3. The van der Waals surface area contributed by atoms with Crippen molar-refractivity contribution in [3.8, 4) is 0 Å². The molecular weight excluding hydrogens is 399 g/mol. The third-order valence-electron chi connectivity index (χ3n) is 5.39. The maximum absolute atomic E-state index is 13.7. The number of rotatable bonds is 8. The van der Waals surface area contributed by atoms with Crippen LogP contribution >= 0.6 is 0 Å². The molecule has 0 aliphatic rings. The summed E-state index contributed by atoms with van der Waals surface area (Å²) in [6.45, 7) is 11.3. The van der Waals surface area contributed by atoms with E-state index in [1.54, 1.807) is 39.3 Å². The highest BCUT2D eigenvalue weighted by molar-refractivity contribution is 6.07. The first kappa shape index (κ1) is 24.3. The van der Waals surface area contributed by atoms with Gasteiger partial charge in [-0.1, -0.05) is 19.9 Å². The molecule has 1 amide bonds. The van der Waals surface area contributed by atoms with Gasteiger partial charge in [0.05, 0.1) is 12.6 Å². The standard InChI is InChI=1S/C24H31FN2O4/c1-8-31-24(30)21-15(4)20(16(5)26(21)7)22(28)17(6)27(13-14(2)3)23(29)18-10-9-11-19(25)12-18/h9-12,14,17H,8,13H2,1-7H3. The van der Waals surface area contributed by atoms with E-state index in [1.807, 2.05) is 13.8 Å². The van der Waals surface area contributed by atoms with Gasteiger partial charge in [-0.2, -0.15) is 0 Å². The molecule has 0 saturated carbocycles. The number of nitrogens with zero attached hydrogens (tertiary/aromatic N) is 2. The minimum Gasteiger partial charge on any atom is -0.461 e. The normalized spacial score (nSPS) is 12.0. The van der Waals surface area contributed by atoms with E-state index in [9.17, 15) is 18.8 Å². The van der Waals surface area contributed by atoms with E-state index in [2.05, 4.69) is 0 Å². The topological polar surface area (TPSA) is 68.6 Å². The van der Waals surface area contributed by atoms with Gasteiger partial charge in [0.15, 0.2) is 5.78 Å². The molecule has 0 aliphatic carbocycles. The molecule has 6 nitrogen and oxygen atoms in total. The SMILES string of the molecule is CCOC(=O)c1c(C)c(C(=O)C(C)N(CC(C)C)C(=O)c2cccc(F)c2)c(C)n1C. The Morgan fingerprint density at radius 1 is 1.16 bits per heavy atom. The van der Waals surface area contributed by atoms with Gasteiger partial charge < -0.3 is 14.2 Å². The first-order valence-electron chi connectivity index (χ1n) is 10.4. The van der Waals surface area contributed by atoms with Crippen molar-refractivity contribution in [3.05, 3.63) is 58.2 Å². The Kier molecular flexibility index (Phi) is 7.76. The van der Waals surface area contributed by atoms with E-state index >= 15 is 0 Å². The van der Waals surface area contributed by atoms with E-state index in [1.165, 1.54) is 29.2 Å². The van der Waals surface area contributed by atoms with Crippen LogP contribution in [0.3, 0.4) is 0 Å². The second-order valence-electron chi connectivity index (χ2n) is 8.12. The predicted molar refractivity (Wildman–Crippen MR) is 117 cm³/mol. The number of hydrogen-bond donors (Lipinski definition) is 0. The third kappa shape index (κ3) is 5.03. The number of amides is 1. The summed E-state index contributed by atoms with van der Waals surface area (Å²) in [5.74, 6) is -1.59. The maximum Gasteiger partial charge on any atom is 0.355 e. The lowest BCUT2D eigenvalue weighted by Gasteiger charge is -2.30. The largest absolute Gasteiger partial charge is 0.461 e. The first-order valence-corrected chi connectivity index (χ1v) is 10.4. The minimum absolute atomic E-state index is 0.0980. The summed E-state index contributed by atoms with van der Waals surface area (Å²) >= 11 is 0. The molecule has 0 spiro atoms. The van der Waals surface area contributed by atoms with Crippen molar-refractivity contribution in [2.75, 3.05) is 13.2 Å². The molecule has 168 valence electrons. The minimum atomic E-state index is -0.798. The van der Waals surface area contributed by atoms with Gasteiger partial charge in [-0.15, -0.1) is 0 Å². The van der Waals surface area contributed by atoms with E-state index < -0.39 is 23.7 Å². The van der Waals surface area contributed by atoms with Crippen molar-refractivity contribution in [2.45, 2.75) is 47.6 Å². The van der Waals surface area contributed by atoms with Gasteiger partial charge >= 0.3 is 5.97 Å². The van der Waals surface area contributed by atoms with Crippen LogP contribution in [0.25, 0.3) is 0 Å². The second-order valence-corrected chi connectivity index (χ2v) is 8.12. The van der Waals surface area contributed by atoms with Crippen LogP contribution in [0.1, 0.15) is 70.2 Å². The zero-order valence-electron chi connectivity index (χ0n) is 19.3. The Balaban J connectivity index is 2.47. The summed E-state index contributed by atoms with van der Waals surface area (Å²) in [5, 5.41) is 0. The number of ether oxygens (including phenoxy) is 1. The lowest BCUT2D eigenvalue weighted by Crippen LogP contribution is -2.45. The molecule has 1 aromatic carbocycles. The molecule has 0 N–H and O–H groups in total. The molecule has 1 atom stereocenters. The summed E-state index contributed by atoms with van der Waals surface area (Å²) in [6.07, 6.45) is 0. The van der Waals surface area contributed by atoms with Crippen LogP contribution in [0.5, 0.6) is 0 Å². The van der Waals surface area contributed by atoms with Gasteiger partial charge in [0.2, 0.25) is 0 Å². The number of aromatic nitrogens is 1. The Morgan fingerprint density at radius 3 is 2.35 bits per heavy atom. The van der Waals surface area contributed by atoms with Crippen LogP contribution in [0.4, 0.5) is 4.39 Å². The predicted octanol–water partition coefficient (Wildman–Crippen LogP) is 4.33. The maximum atomic E-state index is 13.7. The highest BCUT2D eigenvalue weighted by atomic mass is 19.1. The average Bonchev–Trinajstić information content (AvgIpc) is 2.93. The van der Waals surface area contributed by atoms with Crippen molar-refractivity contribution >= 4 is 17.7 Å². The van der Waals surface area contributed by atoms with Crippen LogP contribution in [0.2, 0.25) is 0 Å². The van der Waals surface area contributed by atoms with Crippen molar-refractivity contribution in [1.82, 2.24) is 9.47 Å². The van der Waals surface area contributed by atoms with E-state index in [0.29, 0.717) is 29.1 Å². The molecule has 0 radical (unpaired) electrons. The fourth-order valence-electron chi connectivity index (χ4n) is 3.78. The number of hydrogen-bond acceptors (Lipinski definition) is 4. The molecule has 0 aliphatic heterocycles. The summed E-state index contributed by atoms with van der Waals surface area (Å²) in [7, 11) is 1.71. The fraction of sp³-hybridized carbons (Fsp3) is 0.458. The van der Waals surface area contributed by atoms with Crippen LogP contribution in [0.15, 0.2) is 24.3 Å². The molecule has 1 heterocycles. The van der Waals surface area contributed by atoms with Gasteiger partial charge in [0.25, 0.3) is 5.91 Å². The second kappa shape index (κ2) is 9.90. The first-order chi connectivity index (χ1) is 14.5. The number of benzene rings is 1. The highest BCUT2D eigenvalue weighted by Gasteiger charge is 2.33. The van der Waals surface area contributed by atoms with Gasteiger partial charge in [0, 0.05) is 30.4 Å². The van der Waals surface area contributed by atoms with Gasteiger partial charge in [-0.05, 0) is 57.4 Å². The highest BCUT2D eigenvalue weighted by Crippen LogP contribution is 2.25. The van der Waals surface area contributed by atoms with Crippen molar-refractivity contribution in [2.24, 2.45) is 13.0 Å². The molecular formula is C24H31FN2O4. The molecule has 1 unspecified atom stereocenters. The summed E-state index contributed by atoms with van der Waals surface area (Å²) < 4.78 is 20.5. The van der Waals surface area contributed by atoms with Crippen LogP contribution < -0.4 is 0 Å². The van der Waals surface area contributed by atoms with Gasteiger partial charge in [-0.25, -0.2) is 9.18 Å². The molecule has 0 saturated heterocycles. The number of esters is 1. The zero-order valence-corrected chi connectivity index (χ0v) is 19.3. The molecule has 0 bridgehead atoms. The van der Waals surface area contributed by atoms with Crippen molar-refractivity contribution in [1.29, 1.82) is 0 Å². The quantitative estimate of drug-likeness (QED) is 0.462. The van der Waals surface area contributed by atoms with Crippen molar-refractivity contribution in [3.63, 3.8) is 0 Å². The Hall–Kier alpha value is -2.96. The van der Waals surface area contributed by atoms with Gasteiger partial charge in [0.1, 0.15) is 11.5 Å². The van der Waals surface area contributed by atoms with E-state index in [4.69, 9.17) is 4.74 Å². The van der Waals surface area contributed by atoms with Crippen LogP contribution in [0, 0.1) is 25.6 Å². The Bertz CT molecular complexity index is 994. The van der Waals surface area contributed by atoms with Crippen LogP contribution in [-0.4, -0.2) is 46.3 Å². The van der Waals surface area contributed by atoms with Gasteiger partial charge in [-0.3, -0.25) is 9.59 Å². The average molecular weight is 431 g/mol. The molecule has 2 rings (SSSR count). The molecule has 7 heteroatoms. The fourth-order valence-corrected chi connectivity index (χ4v) is 3.78. The summed E-state index contributed by atoms with van der Waals surface area (Å²) in [6, 6.07) is 4.65. The number of carbonyl (C=O) groups is 3. The molecule has 1 aromatic heterocycles.